The predicted octanol–water partition coefficient (Wildman–Crippen LogP) is 3.56. The molecule has 0 aliphatic rings. The third kappa shape index (κ3) is 5.13. The lowest BCUT2D eigenvalue weighted by molar-refractivity contribution is -0.117. The van der Waals surface area contributed by atoms with E-state index in [2.05, 4.69) is 4.99 Å². The van der Waals surface area contributed by atoms with Gasteiger partial charge in [0.1, 0.15) is 5.82 Å². The van der Waals surface area contributed by atoms with Crippen molar-refractivity contribution < 1.29 is 27.1 Å². The van der Waals surface area contributed by atoms with E-state index in [0.29, 0.717) is 22.8 Å². The van der Waals surface area contributed by atoms with Gasteiger partial charge >= 0.3 is 0 Å². The van der Waals surface area contributed by atoms with Crippen LogP contribution in [-0.2, 0) is 21.2 Å². The Kier molecular flexibility index (Phi) is 7.11. The highest BCUT2D eigenvalue weighted by Gasteiger charge is 2.17. The molecule has 0 bridgehead atoms. The third-order valence-corrected chi connectivity index (χ3v) is 7.39. The first kappa shape index (κ1) is 23.0. The van der Waals surface area contributed by atoms with Gasteiger partial charge in [-0.2, -0.15) is 4.99 Å². The molecule has 166 valence electrons. The van der Waals surface area contributed by atoms with Crippen molar-refractivity contribution in [3.63, 3.8) is 0 Å². The molecule has 10 heteroatoms. The molecule has 0 fully saturated rings. The van der Waals surface area contributed by atoms with Gasteiger partial charge in [0.05, 0.1) is 35.1 Å². The highest BCUT2D eigenvalue weighted by molar-refractivity contribution is 7.91. The van der Waals surface area contributed by atoms with Crippen molar-refractivity contribution in [3.05, 3.63) is 47.0 Å². The molecule has 0 radical (unpaired) electrons. The SMILES string of the molecule is CCCn1c(=NC(=O)CCS(=O)(=O)c2ccc(F)cc2)sc2cc(OC)c(OC)cc21. The van der Waals surface area contributed by atoms with Crippen molar-refractivity contribution in [2.45, 2.75) is 31.2 Å². The van der Waals surface area contributed by atoms with Gasteiger partial charge in [0, 0.05) is 25.1 Å². The number of fused-ring (bicyclic) bond motifs is 1. The normalized spacial score (nSPS) is 12.3. The van der Waals surface area contributed by atoms with E-state index in [9.17, 15) is 17.6 Å². The second-order valence-electron chi connectivity index (χ2n) is 6.74. The van der Waals surface area contributed by atoms with E-state index >= 15 is 0 Å². The van der Waals surface area contributed by atoms with Crippen LogP contribution in [-0.4, -0.2) is 38.9 Å². The second-order valence-corrected chi connectivity index (χ2v) is 9.86. The molecule has 0 unspecified atom stereocenters. The number of carbonyl (C=O) groups excluding carboxylic acids is 1. The lowest BCUT2D eigenvalue weighted by atomic mass is 10.3. The quantitative estimate of drug-likeness (QED) is 0.474. The molecular formula is C21H23FN2O5S2. The second kappa shape index (κ2) is 9.61. The van der Waals surface area contributed by atoms with Gasteiger partial charge in [-0.3, -0.25) is 4.79 Å². The summed E-state index contributed by atoms with van der Waals surface area (Å²) in [6.07, 6.45) is 0.549. The Bertz CT molecular complexity index is 1260. The summed E-state index contributed by atoms with van der Waals surface area (Å²) in [7, 11) is -0.610. The fourth-order valence-corrected chi connectivity index (χ4v) is 5.38. The Morgan fingerprint density at radius 3 is 2.39 bits per heavy atom. The molecule has 0 aliphatic carbocycles. The topological polar surface area (TPSA) is 87.0 Å². The Labute approximate surface area is 183 Å². The average Bonchev–Trinajstić information content (AvgIpc) is 3.07. The van der Waals surface area contributed by atoms with Crippen LogP contribution in [0.5, 0.6) is 11.5 Å². The van der Waals surface area contributed by atoms with E-state index in [-0.39, 0.29) is 11.3 Å². The van der Waals surface area contributed by atoms with Crippen LogP contribution in [0.3, 0.4) is 0 Å². The Hall–Kier alpha value is -2.72. The van der Waals surface area contributed by atoms with Gasteiger partial charge in [-0.1, -0.05) is 18.3 Å². The lowest BCUT2D eigenvalue weighted by Gasteiger charge is -2.08. The molecule has 2 aromatic carbocycles. The Morgan fingerprint density at radius 2 is 1.77 bits per heavy atom. The number of carbonyl (C=O) groups is 1. The molecule has 7 nitrogen and oxygen atoms in total. The molecule has 1 heterocycles. The molecule has 0 saturated carbocycles. The van der Waals surface area contributed by atoms with Crippen LogP contribution in [0.4, 0.5) is 4.39 Å². The van der Waals surface area contributed by atoms with Gasteiger partial charge in [0.2, 0.25) is 5.91 Å². The summed E-state index contributed by atoms with van der Waals surface area (Å²) in [6.45, 7) is 2.65. The van der Waals surface area contributed by atoms with E-state index in [1.165, 1.54) is 23.5 Å². The highest BCUT2D eigenvalue weighted by Crippen LogP contribution is 2.33. The number of hydrogen-bond donors (Lipinski definition) is 0. The number of hydrogen-bond acceptors (Lipinski definition) is 6. The monoisotopic (exact) mass is 466 g/mol. The van der Waals surface area contributed by atoms with Crippen LogP contribution in [0.1, 0.15) is 19.8 Å². The smallest absolute Gasteiger partial charge is 0.249 e. The average molecular weight is 467 g/mol. The van der Waals surface area contributed by atoms with E-state index < -0.39 is 27.3 Å². The third-order valence-electron chi connectivity index (χ3n) is 4.61. The number of aromatic nitrogens is 1. The summed E-state index contributed by atoms with van der Waals surface area (Å²) in [5.74, 6) is -0.324. The van der Waals surface area contributed by atoms with Crippen molar-refractivity contribution in [3.8, 4) is 11.5 Å². The number of benzene rings is 2. The lowest BCUT2D eigenvalue weighted by Crippen LogP contribution is -2.18. The van der Waals surface area contributed by atoms with Gasteiger partial charge in [-0.25, -0.2) is 12.8 Å². The van der Waals surface area contributed by atoms with Crippen LogP contribution < -0.4 is 14.3 Å². The Morgan fingerprint density at radius 1 is 1.13 bits per heavy atom. The first-order valence-electron chi connectivity index (χ1n) is 9.60. The standard InChI is InChI=1S/C21H23FN2O5S2/c1-4-10-24-16-12-17(28-2)18(29-3)13-19(16)30-21(24)23-20(25)9-11-31(26,27)15-7-5-14(22)6-8-15/h5-8,12-13H,4,9-11H2,1-3H3. The van der Waals surface area contributed by atoms with Gasteiger partial charge in [-0.15, -0.1) is 0 Å². The molecule has 31 heavy (non-hydrogen) atoms. The zero-order valence-electron chi connectivity index (χ0n) is 17.4. The maximum Gasteiger partial charge on any atom is 0.249 e. The van der Waals surface area contributed by atoms with Crippen molar-refractivity contribution in [1.29, 1.82) is 0 Å². The molecule has 3 rings (SSSR count). The fourth-order valence-electron chi connectivity index (χ4n) is 3.07. The van der Waals surface area contributed by atoms with Crippen molar-refractivity contribution in [2.75, 3.05) is 20.0 Å². The van der Waals surface area contributed by atoms with Gasteiger partial charge in [0.25, 0.3) is 0 Å². The number of thiazole rings is 1. The number of rotatable bonds is 8. The molecule has 0 aliphatic heterocycles. The number of sulfone groups is 1. The summed E-state index contributed by atoms with van der Waals surface area (Å²) < 4.78 is 51.3. The molecule has 3 aromatic rings. The molecule has 0 saturated heterocycles. The number of ether oxygens (including phenoxy) is 2. The maximum atomic E-state index is 13.0. The summed E-state index contributed by atoms with van der Waals surface area (Å²) in [5.41, 5.74) is 0.856. The summed E-state index contributed by atoms with van der Waals surface area (Å²) in [5, 5.41) is 0. The predicted molar refractivity (Wildman–Crippen MR) is 117 cm³/mol. The number of amides is 1. The molecule has 0 spiro atoms. The van der Waals surface area contributed by atoms with Gasteiger partial charge in [-0.05, 0) is 30.7 Å². The first-order valence-corrected chi connectivity index (χ1v) is 12.1. The summed E-state index contributed by atoms with van der Waals surface area (Å²) >= 11 is 1.32. The van der Waals surface area contributed by atoms with Crippen LogP contribution in [0, 0.1) is 5.82 Å². The summed E-state index contributed by atoms with van der Waals surface area (Å²) in [4.78, 5) is 17.1. The van der Waals surface area contributed by atoms with Crippen LogP contribution in [0.15, 0.2) is 46.3 Å². The maximum absolute atomic E-state index is 13.0. The minimum absolute atomic E-state index is 0.0243. The minimum Gasteiger partial charge on any atom is -0.493 e. The van der Waals surface area contributed by atoms with Gasteiger partial charge in [0.15, 0.2) is 26.1 Å². The molecule has 0 atom stereocenters. The Balaban J connectivity index is 1.91. The molecule has 1 amide bonds. The molecular weight excluding hydrogens is 443 g/mol. The number of methoxy groups -OCH3 is 2. The fraction of sp³-hybridized carbons (Fsp3) is 0.333. The zero-order valence-corrected chi connectivity index (χ0v) is 19.1. The van der Waals surface area contributed by atoms with Crippen LogP contribution >= 0.6 is 11.3 Å². The number of nitrogens with zero attached hydrogens (tertiary/aromatic N) is 2. The van der Waals surface area contributed by atoms with Crippen molar-refractivity contribution in [1.82, 2.24) is 4.57 Å². The van der Waals surface area contributed by atoms with Crippen molar-refractivity contribution in [2.24, 2.45) is 4.99 Å². The number of halogens is 1. The number of aryl methyl sites for hydroxylation is 1. The van der Waals surface area contributed by atoms with Gasteiger partial charge < -0.3 is 14.0 Å². The minimum atomic E-state index is -3.71. The zero-order chi connectivity index (χ0) is 22.6. The van der Waals surface area contributed by atoms with Crippen molar-refractivity contribution >= 4 is 37.3 Å². The van der Waals surface area contributed by atoms with E-state index in [1.54, 1.807) is 14.2 Å². The van der Waals surface area contributed by atoms with E-state index in [0.717, 1.165) is 28.8 Å². The van der Waals surface area contributed by atoms with E-state index in [1.807, 2.05) is 23.6 Å². The summed E-state index contributed by atoms with van der Waals surface area (Å²) in [6, 6.07) is 8.19. The highest BCUT2D eigenvalue weighted by atomic mass is 32.2. The molecule has 1 aromatic heterocycles. The molecule has 0 N–H and O–H groups in total. The van der Waals surface area contributed by atoms with Crippen LogP contribution in [0.25, 0.3) is 10.2 Å². The largest absolute Gasteiger partial charge is 0.493 e. The first-order chi connectivity index (χ1) is 14.8. The van der Waals surface area contributed by atoms with Crippen LogP contribution in [0.2, 0.25) is 0 Å². The van der Waals surface area contributed by atoms with E-state index in [4.69, 9.17) is 9.47 Å².